The van der Waals surface area contributed by atoms with Gasteiger partial charge in [0.1, 0.15) is 6.61 Å². The van der Waals surface area contributed by atoms with Gasteiger partial charge in [-0.15, -0.1) is 0 Å². The number of hydrogen-bond acceptors (Lipinski definition) is 2. The Morgan fingerprint density at radius 2 is 1.68 bits per heavy atom. The van der Waals surface area contributed by atoms with E-state index in [4.69, 9.17) is 4.74 Å². The monoisotopic (exact) mass is 319 g/mol. The summed E-state index contributed by atoms with van der Waals surface area (Å²) in [6.45, 7) is 0.744. The number of ether oxygens (including phenoxy) is 1. The van der Waals surface area contributed by atoms with E-state index in [1.807, 2.05) is 54.6 Å². The van der Waals surface area contributed by atoms with Crippen LogP contribution in [0.5, 0.6) is 0 Å². The number of amides is 1. The minimum atomic E-state index is -0.410. The maximum Gasteiger partial charge on any atom is 0.407 e. The molecule has 3 nitrogen and oxygen atoms in total. The van der Waals surface area contributed by atoms with Crippen LogP contribution in [0.2, 0.25) is 0 Å². The molecule has 0 bridgehead atoms. The standard InChI is InChI=1S/C15H14BrNO2/c16-14-8-6-12(7-9-14)10-17-15(18)19-11-13-4-2-1-3-5-13/h1-9H,10-11H2,(H,17,18). The molecule has 2 rings (SSSR count). The number of hydrogen-bond donors (Lipinski definition) is 1. The van der Waals surface area contributed by atoms with E-state index in [9.17, 15) is 4.79 Å². The third kappa shape index (κ3) is 4.75. The van der Waals surface area contributed by atoms with Gasteiger partial charge >= 0.3 is 6.09 Å². The second kappa shape index (κ2) is 6.95. The van der Waals surface area contributed by atoms with Crippen LogP contribution in [-0.4, -0.2) is 6.09 Å². The van der Waals surface area contributed by atoms with E-state index in [0.29, 0.717) is 6.54 Å². The lowest BCUT2D eigenvalue weighted by Gasteiger charge is -2.07. The first kappa shape index (κ1) is 13.6. The van der Waals surface area contributed by atoms with E-state index >= 15 is 0 Å². The molecule has 2 aromatic carbocycles. The van der Waals surface area contributed by atoms with E-state index in [-0.39, 0.29) is 6.61 Å². The average Bonchev–Trinajstić information content (AvgIpc) is 2.45. The highest BCUT2D eigenvalue weighted by Crippen LogP contribution is 2.10. The van der Waals surface area contributed by atoms with Gasteiger partial charge in [-0.05, 0) is 23.3 Å². The molecule has 0 aliphatic rings. The predicted molar refractivity (Wildman–Crippen MR) is 77.6 cm³/mol. The van der Waals surface area contributed by atoms with Crippen molar-refractivity contribution in [2.24, 2.45) is 0 Å². The zero-order valence-electron chi connectivity index (χ0n) is 10.3. The lowest BCUT2D eigenvalue weighted by atomic mass is 10.2. The molecule has 0 aliphatic heterocycles. The maximum atomic E-state index is 11.5. The summed E-state index contributed by atoms with van der Waals surface area (Å²) in [6, 6.07) is 17.4. The molecule has 4 heteroatoms. The number of rotatable bonds is 4. The Kier molecular flexibility index (Phi) is 4.98. The van der Waals surface area contributed by atoms with Gasteiger partial charge in [0.15, 0.2) is 0 Å². The third-order valence-corrected chi connectivity index (χ3v) is 3.09. The molecule has 0 aromatic heterocycles. The predicted octanol–water partition coefficient (Wildman–Crippen LogP) is 3.88. The first-order valence-corrected chi connectivity index (χ1v) is 6.72. The van der Waals surface area contributed by atoms with Crippen LogP contribution in [0.15, 0.2) is 59.1 Å². The van der Waals surface area contributed by atoms with Crippen molar-refractivity contribution in [3.63, 3.8) is 0 Å². The highest BCUT2D eigenvalue weighted by molar-refractivity contribution is 9.10. The Bertz CT molecular complexity index is 526. The van der Waals surface area contributed by atoms with Gasteiger partial charge in [-0.25, -0.2) is 4.79 Å². The van der Waals surface area contributed by atoms with Crippen molar-refractivity contribution >= 4 is 22.0 Å². The molecule has 1 amide bonds. The molecule has 0 unspecified atom stereocenters. The second-order valence-corrected chi connectivity index (χ2v) is 4.96. The molecular formula is C15H14BrNO2. The van der Waals surface area contributed by atoms with Crippen molar-refractivity contribution in [3.8, 4) is 0 Å². The molecule has 0 saturated carbocycles. The second-order valence-electron chi connectivity index (χ2n) is 4.04. The average molecular weight is 320 g/mol. The zero-order valence-corrected chi connectivity index (χ0v) is 11.9. The molecule has 98 valence electrons. The van der Waals surface area contributed by atoms with Gasteiger partial charge in [0.2, 0.25) is 0 Å². The lowest BCUT2D eigenvalue weighted by molar-refractivity contribution is 0.139. The van der Waals surface area contributed by atoms with E-state index < -0.39 is 6.09 Å². The number of carbonyl (C=O) groups is 1. The number of nitrogens with one attached hydrogen (secondary N) is 1. The molecule has 19 heavy (non-hydrogen) atoms. The zero-order chi connectivity index (χ0) is 13.5. The molecule has 0 spiro atoms. The Morgan fingerprint density at radius 3 is 2.37 bits per heavy atom. The summed E-state index contributed by atoms with van der Waals surface area (Å²) in [7, 11) is 0. The van der Waals surface area contributed by atoms with Crippen molar-refractivity contribution in [1.29, 1.82) is 0 Å². The topological polar surface area (TPSA) is 38.3 Å². The van der Waals surface area contributed by atoms with Gasteiger partial charge in [0, 0.05) is 11.0 Å². The van der Waals surface area contributed by atoms with E-state index in [1.165, 1.54) is 0 Å². The van der Waals surface area contributed by atoms with Crippen LogP contribution in [0.4, 0.5) is 4.79 Å². The Hall–Kier alpha value is -1.81. The summed E-state index contributed by atoms with van der Waals surface area (Å²) in [5.74, 6) is 0. The molecule has 0 heterocycles. The van der Waals surface area contributed by atoms with Crippen LogP contribution in [0.3, 0.4) is 0 Å². The smallest absolute Gasteiger partial charge is 0.407 e. The number of alkyl carbamates (subject to hydrolysis) is 1. The summed E-state index contributed by atoms with van der Waals surface area (Å²) >= 11 is 3.36. The van der Waals surface area contributed by atoms with Crippen LogP contribution in [-0.2, 0) is 17.9 Å². The van der Waals surface area contributed by atoms with Gasteiger partial charge in [-0.2, -0.15) is 0 Å². The Morgan fingerprint density at radius 1 is 1.00 bits per heavy atom. The van der Waals surface area contributed by atoms with Crippen LogP contribution >= 0.6 is 15.9 Å². The molecule has 0 fully saturated rings. The fourth-order valence-electron chi connectivity index (χ4n) is 1.55. The summed E-state index contributed by atoms with van der Waals surface area (Å²) in [4.78, 5) is 11.5. The summed E-state index contributed by atoms with van der Waals surface area (Å²) in [5, 5.41) is 2.71. The van der Waals surface area contributed by atoms with Gasteiger partial charge in [-0.3, -0.25) is 0 Å². The van der Waals surface area contributed by atoms with Crippen molar-refractivity contribution in [2.75, 3.05) is 0 Å². The van der Waals surface area contributed by atoms with E-state index in [2.05, 4.69) is 21.2 Å². The molecule has 0 radical (unpaired) electrons. The van der Waals surface area contributed by atoms with Crippen molar-refractivity contribution in [3.05, 3.63) is 70.2 Å². The number of benzene rings is 2. The largest absolute Gasteiger partial charge is 0.445 e. The SMILES string of the molecule is O=C(NCc1ccc(Br)cc1)OCc1ccccc1. The molecule has 0 aliphatic carbocycles. The van der Waals surface area contributed by atoms with Crippen molar-refractivity contribution in [1.82, 2.24) is 5.32 Å². The fourth-order valence-corrected chi connectivity index (χ4v) is 1.81. The number of halogens is 1. The van der Waals surface area contributed by atoms with Crippen LogP contribution in [0.25, 0.3) is 0 Å². The number of carbonyl (C=O) groups excluding carboxylic acids is 1. The summed E-state index contributed by atoms with van der Waals surface area (Å²) in [5.41, 5.74) is 2.00. The lowest BCUT2D eigenvalue weighted by Crippen LogP contribution is -2.23. The Balaban J connectivity index is 1.74. The van der Waals surface area contributed by atoms with Gasteiger partial charge in [0.25, 0.3) is 0 Å². The van der Waals surface area contributed by atoms with Crippen molar-refractivity contribution < 1.29 is 9.53 Å². The fraction of sp³-hybridized carbons (Fsp3) is 0.133. The first-order chi connectivity index (χ1) is 9.24. The minimum absolute atomic E-state index is 0.285. The highest BCUT2D eigenvalue weighted by atomic mass is 79.9. The highest BCUT2D eigenvalue weighted by Gasteiger charge is 2.02. The van der Waals surface area contributed by atoms with Crippen LogP contribution < -0.4 is 5.32 Å². The first-order valence-electron chi connectivity index (χ1n) is 5.93. The minimum Gasteiger partial charge on any atom is -0.445 e. The molecule has 1 N–H and O–H groups in total. The third-order valence-electron chi connectivity index (χ3n) is 2.56. The molecular weight excluding hydrogens is 306 g/mol. The van der Waals surface area contributed by atoms with Crippen LogP contribution in [0, 0.1) is 0 Å². The Labute approximate surface area is 120 Å². The quantitative estimate of drug-likeness (QED) is 0.928. The summed E-state index contributed by atoms with van der Waals surface area (Å²) < 4.78 is 6.13. The summed E-state index contributed by atoms with van der Waals surface area (Å²) in [6.07, 6.45) is -0.410. The van der Waals surface area contributed by atoms with Gasteiger partial charge in [-0.1, -0.05) is 58.4 Å². The normalized spacial score (nSPS) is 9.95. The van der Waals surface area contributed by atoms with E-state index in [1.54, 1.807) is 0 Å². The molecule has 0 atom stereocenters. The van der Waals surface area contributed by atoms with E-state index in [0.717, 1.165) is 15.6 Å². The van der Waals surface area contributed by atoms with Gasteiger partial charge < -0.3 is 10.1 Å². The molecule has 0 saturated heterocycles. The van der Waals surface area contributed by atoms with Crippen molar-refractivity contribution in [2.45, 2.75) is 13.2 Å². The maximum absolute atomic E-state index is 11.5. The van der Waals surface area contributed by atoms with Gasteiger partial charge in [0.05, 0.1) is 0 Å². The van der Waals surface area contributed by atoms with Crippen LogP contribution in [0.1, 0.15) is 11.1 Å². The molecule has 2 aromatic rings.